The molecule has 0 amide bonds. The molecule has 0 aliphatic rings. The van der Waals surface area contributed by atoms with Gasteiger partial charge in [0.25, 0.3) is 0 Å². The Labute approximate surface area is 132 Å². The molecule has 0 aromatic heterocycles. The summed E-state index contributed by atoms with van der Waals surface area (Å²) < 4.78 is 10.5. The Hall–Kier alpha value is -1.88. The Kier molecular flexibility index (Phi) is 6.40. The zero-order chi connectivity index (χ0) is 15.8. The molecule has 0 radical (unpaired) electrons. The van der Waals surface area contributed by atoms with Crippen LogP contribution in [-0.2, 0) is 9.57 Å². The largest absolute Gasteiger partial charge is 0.497 e. The van der Waals surface area contributed by atoms with Crippen LogP contribution in [-0.4, -0.2) is 20.8 Å². The highest BCUT2D eigenvalue weighted by Gasteiger charge is 2.14. The summed E-state index contributed by atoms with van der Waals surface area (Å²) in [4.78, 5) is 5.84. The van der Waals surface area contributed by atoms with Crippen LogP contribution in [0.15, 0.2) is 54.6 Å². The van der Waals surface area contributed by atoms with Gasteiger partial charge in [-0.2, -0.15) is 5.48 Å². The van der Waals surface area contributed by atoms with Crippen molar-refractivity contribution in [3.05, 3.63) is 65.7 Å². The SMILES string of the molecule is COC[C@@H](ON[C@H](C)c1cccc(OC)c1)c1ccccc1. The van der Waals surface area contributed by atoms with Crippen LogP contribution in [0.1, 0.15) is 30.2 Å². The van der Waals surface area contributed by atoms with Gasteiger partial charge in [0.15, 0.2) is 0 Å². The van der Waals surface area contributed by atoms with E-state index in [1.54, 1.807) is 14.2 Å². The summed E-state index contributed by atoms with van der Waals surface area (Å²) in [5.41, 5.74) is 5.28. The van der Waals surface area contributed by atoms with Gasteiger partial charge in [-0.25, -0.2) is 0 Å². The molecule has 1 N–H and O–H groups in total. The van der Waals surface area contributed by atoms with E-state index in [0.717, 1.165) is 16.9 Å². The average molecular weight is 301 g/mol. The Morgan fingerprint density at radius 3 is 2.36 bits per heavy atom. The lowest BCUT2D eigenvalue weighted by Gasteiger charge is -2.21. The molecule has 0 spiro atoms. The van der Waals surface area contributed by atoms with Crippen molar-refractivity contribution < 1.29 is 14.3 Å². The van der Waals surface area contributed by atoms with E-state index in [-0.39, 0.29) is 12.1 Å². The van der Waals surface area contributed by atoms with Gasteiger partial charge < -0.3 is 9.47 Å². The van der Waals surface area contributed by atoms with E-state index in [4.69, 9.17) is 14.3 Å². The molecule has 118 valence electrons. The molecule has 0 saturated carbocycles. The lowest BCUT2D eigenvalue weighted by Crippen LogP contribution is -2.24. The van der Waals surface area contributed by atoms with Crippen molar-refractivity contribution in [1.82, 2.24) is 5.48 Å². The van der Waals surface area contributed by atoms with Crippen molar-refractivity contribution >= 4 is 0 Å². The van der Waals surface area contributed by atoms with Crippen LogP contribution in [0.2, 0.25) is 0 Å². The van der Waals surface area contributed by atoms with Crippen LogP contribution < -0.4 is 10.2 Å². The minimum Gasteiger partial charge on any atom is -0.497 e. The van der Waals surface area contributed by atoms with Gasteiger partial charge in [-0.3, -0.25) is 4.84 Å². The molecular formula is C18H23NO3. The zero-order valence-corrected chi connectivity index (χ0v) is 13.3. The zero-order valence-electron chi connectivity index (χ0n) is 13.3. The van der Waals surface area contributed by atoms with Gasteiger partial charge in [-0.05, 0) is 30.2 Å². The van der Waals surface area contributed by atoms with Crippen LogP contribution in [0, 0.1) is 0 Å². The van der Waals surface area contributed by atoms with E-state index >= 15 is 0 Å². The summed E-state index contributed by atoms with van der Waals surface area (Å²) in [6.45, 7) is 2.53. The highest BCUT2D eigenvalue weighted by Crippen LogP contribution is 2.21. The van der Waals surface area contributed by atoms with Crippen LogP contribution in [0.25, 0.3) is 0 Å². The molecule has 2 atom stereocenters. The van der Waals surface area contributed by atoms with E-state index in [1.165, 1.54) is 0 Å². The summed E-state index contributed by atoms with van der Waals surface area (Å²) in [5, 5.41) is 0. The molecule has 0 fully saturated rings. The molecule has 2 aromatic rings. The molecule has 0 unspecified atom stereocenters. The Bertz CT molecular complexity index is 559. The van der Waals surface area contributed by atoms with Crippen molar-refractivity contribution in [3.63, 3.8) is 0 Å². The number of hydrogen-bond acceptors (Lipinski definition) is 4. The third-order valence-electron chi connectivity index (χ3n) is 3.47. The quantitative estimate of drug-likeness (QED) is 0.755. The molecule has 2 aromatic carbocycles. The molecule has 0 heterocycles. The second-order valence-corrected chi connectivity index (χ2v) is 5.09. The van der Waals surface area contributed by atoms with Crippen molar-refractivity contribution in [2.75, 3.05) is 20.8 Å². The van der Waals surface area contributed by atoms with Crippen LogP contribution in [0.4, 0.5) is 0 Å². The van der Waals surface area contributed by atoms with Gasteiger partial charge in [0.05, 0.1) is 19.8 Å². The molecule has 2 rings (SSSR count). The van der Waals surface area contributed by atoms with E-state index in [1.807, 2.05) is 61.5 Å². The van der Waals surface area contributed by atoms with E-state index in [9.17, 15) is 0 Å². The van der Waals surface area contributed by atoms with Crippen LogP contribution >= 0.6 is 0 Å². The Balaban J connectivity index is 1.99. The van der Waals surface area contributed by atoms with Gasteiger partial charge in [-0.15, -0.1) is 0 Å². The van der Waals surface area contributed by atoms with Crippen molar-refractivity contribution in [1.29, 1.82) is 0 Å². The van der Waals surface area contributed by atoms with E-state index in [0.29, 0.717) is 6.61 Å². The van der Waals surface area contributed by atoms with Crippen molar-refractivity contribution in [2.45, 2.75) is 19.1 Å². The second kappa shape index (κ2) is 8.54. The topological polar surface area (TPSA) is 39.7 Å². The molecule has 0 aliphatic heterocycles. The van der Waals surface area contributed by atoms with E-state index < -0.39 is 0 Å². The average Bonchev–Trinajstić information content (AvgIpc) is 2.59. The van der Waals surface area contributed by atoms with Crippen LogP contribution in [0.3, 0.4) is 0 Å². The molecule has 0 aliphatic carbocycles. The van der Waals surface area contributed by atoms with Gasteiger partial charge in [0.2, 0.25) is 0 Å². The van der Waals surface area contributed by atoms with Gasteiger partial charge in [-0.1, -0.05) is 42.5 Å². The predicted molar refractivity (Wildman–Crippen MR) is 86.7 cm³/mol. The molecule has 0 bridgehead atoms. The lowest BCUT2D eigenvalue weighted by atomic mass is 10.1. The first-order valence-corrected chi connectivity index (χ1v) is 7.33. The number of rotatable bonds is 8. The minimum absolute atomic E-state index is 0.0400. The molecule has 4 nitrogen and oxygen atoms in total. The second-order valence-electron chi connectivity index (χ2n) is 5.09. The normalized spacial score (nSPS) is 13.6. The number of nitrogens with one attached hydrogen (secondary N) is 1. The van der Waals surface area contributed by atoms with Crippen molar-refractivity contribution in [2.24, 2.45) is 0 Å². The van der Waals surface area contributed by atoms with Gasteiger partial charge in [0, 0.05) is 7.11 Å². The molecule has 4 heteroatoms. The lowest BCUT2D eigenvalue weighted by molar-refractivity contribution is -0.0743. The fraction of sp³-hybridized carbons (Fsp3) is 0.333. The molecule has 22 heavy (non-hydrogen) atoms. The minimum atomic E-state index is -0.153. The van der Waals surface area contributed by atoms with Gasteiger partial charge in [0.1, 0.15) is 11.9 Å². The highest BCUT2D eigenvalue weighted by atomic mass is 16.7. The first-order valence-electron chi connectivity index (χ1n) is 7.33. The third-order valence-corrected chi connectivity index (χ3v) is 3.47. The Morgan fingerprint density at radius 1 is 0.955 bits per heavy atom. The fourth-order valence-corrected chi connectivity index (χ4v) is 2.18. The monoisotopic (exact) mass is 301 g/mol. The fourth-order valence-electron chi connectivity index (χ4n) is 2.18. The maximum atomic E-state index is 5.84. The first-order chi connectivity index (χ1) is 10.7. The number of methoxy groups -OCH3 is 2. The van der Waals surface area contributed by atoms with Crippen molar-refractivity contribution in [3.8, 4) is 5.75 Å². The number of hydroxylamine groups is 1. The molecular weight excluding hydrogens is 278 g/mol. The number of hydrogen-bond donors (Lipinski definition) is 1. The maximum absolute atomic E-state index is 5.84. The van der Waals surface area contributed by atoms with Gasteiger partial charge >= 0.3 is 0 Å². The summed E-state index contributed by atoms with van der Waals surface area (Å²) in [6, 6.07) is 18.0. The van der Waals surface area contributed by atoms with E-state index in [2.05, 4.69) is 5.48 Å². The smallest absolute Gasteiger partial charge is 0.127 e. The standard InChI is InChI=1S/C18H23NO3/c1-14(16-10-7-11-17(12-16)21-3)19-22-18(13-20-2)15-8-5-4-6-9-15/h4-12,14,18-19H,13H2,1-3H3/t14-,18-/m1/s1. The highest BCUT2D eigenvalue weighted by molar-refractivity contribution is 5.30. The summed E-state index contributed by atoms with van der Waals surface area (Å²) in [6.07, 6.45) is -0.153. The maximum Gasteiger partial charge on any atom is 0.127 e. The number of benzene rings is 2. The summed E-state index contributed by atoms with van der Waals surface area (Å²) in [5.74, 6) is 0.836. The third kappa shape index (κ3) is 4.56. The summed E-state index contributed by atoms with van der Waals surface area (Å²) in [7, 11) is 3.34. The summed E-state index contributed by atoms with van der Waals surface area (Å²) >= 11 is 0. The predicted octanol–water partition coefficient (Wildman–Crippen LogP) is 3.67. The first kappa shape index (κ1) is 16.5. The Morgan fingerprint density at radius 2 is 1.68 bits per heavy atom. The van der Waals surface area contributed by atoms with Crippen LogP contribution in [0.5, 0.6) is 5.75 Å². The number of ether oxygens (including phenoxy) is 2. The molecule has 0 saturated heterocycles.